The molecule has 1 atom stereocenters. The van der Waals surface area contributed by atoms with E-state index in [0.29, 0.717) is 16.0 Å². The summed E-state index contributed by atoms with van der Waals surface area (Å²) in [6, 6.07) is 0. The monoisotopic (exact) mass is 364 g/mol. The molecule has 1 aromatic rings. The third kappa shape index (κ3) is 3.12. The van der Waals surface area contributed by atoms with E-state index in [4.69, 9.17) is 4.74 Å². The summed E-state index contributed by atoms with van der Waals surface area (Å²) in [5, 5.41) is 0. The fourth-order valence-corrected chi connectivity index (χ4v) is 2.64. The van der Waals surface area contributed by atoms with Crippen LogP contribution in [-0.2, 0) is 10.3 Å². The SMILES string of the molecule is CCOC(C)(CC)c1nc(C(C)C)c(I)c(=O)[nH]1. The maximum atomic E-state index is 12.0. The number of aromatic amines is 1. The van der Waals surface area contributed by atoms with E-state index in [1.807, 2.05) is 34.6 Å². The quantitative estimate of drug-likeness (QED) is 0.817. The highest BCUT2D eigenvalue weighted by Gasteiger charge is 2.29. The highest BCUT2D eigenvalue weighted by Crippen LogP contribution is 2.27. The molecule has 0 fully saturated rings. The molecule has 0 saturated heterocycles. The normalized spacial score (nSPS) is 14.8. The van der Waals surface area contributed by atoms with Gasteiger partial charge in [-0.2, -0.15) is 0 Å². The molecule has 1 N–H and O–H groups in total. The van der Waals surface area contributed by atoms with Crippen LogP contribution in [0.2, 0.25) is 0 Å². The van der Waals surface area contributed by atoms with Gasteiger partial charge in [-0.3, -0.25) is 4.79 Å². The molecule has 0 bridgehead atoms. The lowest BCUT2D eigenvalue weighted by molar-refractivity contribution is -0.0394. The van der Waals surface area contributed by atoms with Gasteiger partial charge in [0.05, 0.1) is 9.26 Å². The smallest absolute Gasteiger partial charge is 0.264 e. The van der Waals surface area contributed by atoms with Crippen molar-refractivity contribution >= 4 is 22.6 Å². The lowest BCUT2D eigenvalue weighted by Gasteiger charge is -2.27. The first-order chi connectivity index (χ1) is 8.35. The number of nitrogens with zero attached hydrogens (tertiary/aromatic N) is 1. The van der Waals surface area contributed by atoms with Crippen molar-refractivity contribution < 1.29 is 4.74 Å². The Kier molecular flexibility index (Phi) is 5.33. The van der Waals surface area contributed by atoms with Crippen LogP contribution in [0.1, 0.15) is 58.5 Å². The minimum absolute atomic E-state index is 0.0799. The van der Waals surface area contributed by atoms with E-state index < -0.39 is 5.60 Å². The summed E-state index contributed by atoms with van der Waals surface area (Å²) in [5.74, 6) is 0.849. The Morgan fingerprint density at radius 2 is 2.06 bits per heavy atom. The van der Waals surface area contributed by atoms with Crippen LogP contribution in [0, 0.1) is 3.57 Å². The maximum Gasteiger partial charge on any atom is 0.264 e. The molecule has 102 valence electrons. The van der Waals surface area contributed by atoms with Crippen molar-refractivity contribution in [1.82, 2.24) is 9.97 Å². The minimum atomic E-state index is -0.526. The van der Waals surface area contributed by atoms with Gasteiger partial charge in [0.2, 0.25) is 0 Å². The van der Waals surface area contributed by atoms with E-state index in [0.717, 1.165) is 12.1 Å². The Balaban J connectivity index is 3.38. The topological polar surface area (TPSA) is 55.0 Å². The average molecular weight is 364 g/mol. The molecule has 1 aromatic heterocycles. The van der Waals surface area contributed by atoms with E-state index in [1.54, 1.807) is 0 Å². The van der Waals surface area contributed by atoms with Crippen LogP contribution in [0.3, 0.4) is 0 Å². The summed E-state index contributed by atoms with van der Waals surface area (Å²) in [7, 11) is 0. The summed E-state index contributed by atoms with van der Waals surface area (Å²) in [6.07, 6.45) is 0.766. The van der Waals surface area contributed by atoms with Crippen LogP contribution in [0.15, 0.2) is 4.79 Å². The number of aromatic nitrogens is 2. The zero-order chi connectivity index (χ0) is 13.9. The number of ether oxygens (including phenoxy) is 1. The second kappa shape index (κ2) is 6.14. The molecule has 0 radical (unpaired) electrons. The third-order valence-corrected chi connectivity index (χ3v) is 4.12. The zero-order valence-electron chi connectivity index (χ0n) is 11.6. The van der Waals surface area contributed by atoms with E-state index >= 15 is 0 Å². The Hall–Kier alpha value is -0.430. The van der Waals surface area contributed by atoms with Crippen molar-refractivity contribution in [2.75, 3.05) is 6.61 Å². The van der Waals surface area contributed by atoms with Gasteiger partial charge in [-0.25, -0.2) is 4.98 Å². The number of rotatable bonds is 5. The number of halogens is 1. The van der Waals surface area contributed by atoms with Crippen LogP contribution >= 0.6 is 22.6 Å². The molecule has 18 heavy (non-hydrogen) atoms. The van der Waals surface area contributed by atoms with E-state index in [9.17, 15) is 4.79 Å². The van der Waals surface area contributed by atoms with Crippen LogP contribution in [0.5, 0.6) is 0 Å². The molecule has 4 nitrogen and oxygen atoms in total. The lowest BCUT2D eigenvalue weighted by Crippen LogP contribution is -2.32. The number of hydrogen-bond donors (Lipinski definition) is 1. The molecular formula is C13H21IN2O2. The van der Waals surface area contributed by atoms with Gasteiger partial charge in [0, 0.05) is 6.61 Å². The Labute approximate surface area is 122 Å². The number of H-pyrrole nitrogens is 1. The maximum absolute atomic E-state index is 12.0. The second-order valence-electron chi connectivity index (χ2n) is 4.79. The van der Waals surface area contributed by atoms with Crippen LogP contribution in [0.25, 0.3) is 0 Å². The molecule has 0 spiro atoms. The first-order valence-electron chi connectivity index (χ1n) is 6.29. The van der Waals surface area contributed by atoms with Gasteiger partial charge in [-0.1, -0.05) is 20.8 Å². The van der Waals surface area contributed by atoms with Gasteiger partial charge in [0.1, 0.15) is 11.4 Å². The first kappa shape index (κ1) is 15.6. The van der Waals surface area contributed by atoms with Crippen molar-refractivity contribution in [2.45, 2.75) is 52.6 Å². The molecule has 1 heterocycles. The molecule has 0 aromatic carbocycles. The summed E-state index contributed by atoms with van der Waals surface area (Å²) < 4.78 is 6.43. The molecule has 0 saturated carbocycles. The third-order valence-electron chi connectivity index (χ3n) is 3.07. The lowest BCUT2D eigenvalue weighted by atomic mass is 10.0. The van der Waals surface area contributed by atoms with Crippen LogP contribution < -0.4 is 5.56 Å². The average Bonchev–Trinajstić information content (AvgIpc) is 2.32. The Morgan fingerprint density at radius 3 is 2.50 bits per heavy atom. The van der Waals surface area contributed by atoms with Gasteiger partial charge in [0.15, 0.2) is 0 Å². The van der Waals surface area contributed by atoms with Gasteiger partial charge < -0.3 is 9.72 Å². The van der Waals surface area contributed by atoms with Crippen molar-refractivity contribution in [2.24, 2.45) is 0 Å². The molecule has 1 unspecified atom stereocenters. The van der Waals surface area contributed by atoms with Gasteiger partial charge in [-0.05, 0) is 48.8 Å². The highest BCUT2D eigenvalue weighted by atomic mass is 127. The fourth-order valence-electron chi connectivity index (χ4n) is 1.77. The van der Waals surface area contributed by atoms with Gasteiger partial charge in [-0.15, -0.1) is 0 Å². The highest BCUT2D eigenvalue weighted by molar-refractivity contribution is 14.1. The first-order valence-corrected chi connectivity index (χ1v) is 7.37. The molecule has 0 aliphatic heterocycles. The summed E-state index contributed by atoms with van der Waals surface area (Å²) in [5.41, 5.74) is 0.236. The molecule has 0 amide bonds. The molecule has 5 heteroatoms. The van der Waals surface area contributed by atoms with Crippen molar-refractivity contribution in [3.63, 3.8) is 0 Å². The van der Waals surface area contributed by atoms with Crippen LogP contribution in [0.4, 0.5) is 0 Å². The zero-order valence-corrected chi connectivity index (χ0v) is 13.8. The molecule has 0 aliphatic carbocycles. The van der Waals surface area contributed by atoms with E-state index in [2.05, 4.69) is 32.6 Å². The van der Waals surface area contributed by atoms with Crippen molar-refractivity contribution in [1.29, 1.82) is 0 Å². The van der Waals surface area contributed by atoms with E-state index in [-0.39, 0.29) is 11.5 Å². The molecule has 1 rings (SSSR count). The summed E-state index contributed by atoms with van der Waals surface area (Å²) in [4.78, 5) is 19.4. The fraction of sp³-hybridized carbons (Fsp3) is 0.692. The summed E-state index contributed by atoms with van der Waals surface area (Å²) in [6.45, 7) is 10.6. The standard InChI is InChI=1S/C13H21IN2O2/c1-6-13(5,18-7-2)12-15-10(8(3)4)9(14)11(17)16-12/h8H,6-7H2,1-5H3,(H,15,16,17). The van der Waals surface area contributed by atoms with Crippen molar-refractivity contribution in [3.8, 4) is 0 Å². The number of hydrogen-bond acceptors (Lipinski definition) is 3. The summed E-state index contributed by atoms with van der Waals surface area (Å²) >= 11 is 2.05. The Bertz CT molecular complexity index is 471. The minimum Gasteiger partial charge on any atom is -0.368 e. The van der Waals surface area contributed by atoms with Crippen molar-refractivity contribution in [3.05, 3.63) is 25.4 Å². The van der Waals surface area contributed by atoms with Gasteiger partial charge >= 0.3 is 0 Å². The predicted octanol–water partition coefficient (Wildman–Crippen LogP) is 3.16. The predicted molar refractivity (Wildman–Crippen MR) is 80.9 cm³/mol. The largest absolute Gasteiger partial charge is 0.368 e. The molecular weight excluding hydrogens is 343 g/mol. The van der Waals surface area contributed by atoms with Gasteiger partial charge in [0.25, 0.3) is 5.56 Å². The molecule has 0 aliphatic rings. The Morgan fingerprint density at radius 1 is 1.44 bits per heavy atom. The van der Waals surface area contributed by atoms with E-state index in [1.165, 1.54) is 0 Å². The number of nitrogens with one attached hydrogen (secondary N) is 1. The second-order valence-corrected chi connectivity index (χ2v) is 5.86. The van der Waals surface area contributed by atoms with Crippen LogP contribution in [-0.4, -0.2) is 16.6 Å².